The molecule has 0 fully saturated rings. The molecule has 0 radical (unpaired) electrons. The molecular weight excluding hydrogens is 208 g/mol. The fourth-order valence-electron chi connectivity index (χ4n) is 1.43. The Labute approximate surface area is 95.7 Å². The molecule has 0 aromatic carbocycles. The van der Waals surface area contributed by atoms with Crippen LogP contribution >= 0.6 is 11.5 Å². The van der Waals surface area contributed by atoms with E-state index in [4.69, 9.17) is 5.73 Å². The van der Waals surface area contributed by atoms with E-state index in [9.17, 15) is 0 Å². The standard InChI is InChI=1S/C10H20N4S/c1-3-5-9-12-10(15-13-9)14(7-4-2)8-6-11/h3-8,11H2,1-2H3. The SMILES string of the molecule is CCCc1nsc(N(CCC)CCN)n1. The van der Waals surface area contributed by atoms with Crippen molar-refractivity contribution in [2.75, 3.05) is 24.5 Å². The van der Waals surface area contributed by atoms with Crippen molar-refractivity contribution >= 4 is 16.7 Å². The lowest BCUT2D eigenvalue weighted by Crippen LogP contribution is -2.30. The van der Waals surface area contributed by atoms with Crippen LogP contribution in [0.3, 0.4) is 0 Å². The van der Waals surface area contributed by atoms with Crippen molar-refractivity contribution in [2.45, 2.75) is 33.1 Å². The Kier molecular flexibility index (Phi) is 5.57. The Morgan fingerprint density at radius 3 is 2.67 bits per heavy atom. The number of hydrogen-bond acceptors (Lipinski definition) is 5. The highest BCUT2D eigenvalue weighted by Gasteiger charge is 2.10. The smallest absolute Gasteiger partial charge is 0.205 e. The van der Waals surface area contributed by atoms with Crippen molar-refractivity contribution < 1.29 is 0 Å². The summed E-state index contributed by atoms with van der Waals surface area (Å²) in [5.41, 5.74) is 5.58. The summed E-state index contributed by atoms with van der Waals surface area (Å²) >= 11 is 1.49. The zero-order valence-electron chi connectivity index (χ0n) is 9.57. The van der Waals surface area contributed by atoms with Crippen LogP contribution in [0.4, 0.5) is 5.13 Å². The molecule has 1 rings (SSSR count). The monoisotopic (exact) mass is 228 g/mol. The first kappa shape index (κ1) is 12.4. The van der Waals surface area contributed by atoms with E-state index in [1.54, 1.807) is 0 Å². The Morgan fingerprint density at radius 1 is 1.27 bits per heavy atom. The molecular formula is C10H20N4S. The number of aromatic nitrogens is 2. The highest BCUT2D eigenvalue weighted by Crippen LogP contribution is 2.17. The van der Waals surface area contributed by atoms with Crippen molar-refractivity contribution in [3.8, 4) is 0 Å². The van der Waals surface area contributed by atoms with Gasteiger partial charge in [0.1, 0.15) is 5.82 Å². The first-order valence-electron chi connectivity index (χ1n) is 5.59. The van der Waals surface area contributed by atoms with Crippen LogP contribution in [0.15, 0.2) is 0 Å². The molecule has 0 unspecified atom stereocenters. The molecule has 15 heavy (non-hydrogen) atoms. The van der Waals surface area contributed by atoms with E-state index < -0.39 is 0 Å². The van der Waals surface area contributed by atoms with Crippen molar-refractivity contribution in [2.24, 2.45) is 5.73 Å². The van der Waals surface area contributed by atoms with E-state index in [1.807, 2.05) is 0 Å². The fourth-order valence-corrected chi connectivity index (χ4v) is 2.19. The predicted molar refractivity (Wildman–Crippen MR) is 65.5 cm³/mol. The number of nitrogens with two attached hydrogens (primary N) is 1. The maximum Gasteiger partial charge on any atom is 0.205 e. The second kappa shape index (κ2) is 6.74. The second-order valence-corrected chi connectivity index (χ2v) is 4.25. The number of rotatable bonds is 7. The van der Waals surface area contributed by atoms with Crippen LogP contribution in [-0.4, -0.2) is 29.0 Å². The summed E-state index contributed by atoms with van der Waals surface area (Å²) in [5.74, 6) is 0.968. The highest BCUT2D eigenvalue weighted by molar-refractivity contribution is 7.09. The van der Waals surface area contributed by atoms with Crippen LogP contribution in [0, 0.1) is 0 Å². The van der Waals surface area contributed by atoms with E-state index in [-0.39, 0.29) is 0 Å². The van der Waals surface area contributed by atoms with E-state index in [0.29, 0.717) is 6.54 Å². The van der Waals surface area contributed by atoms with E-state index in [2.05, 4.69) is 28.1 Å². The summed E-state index contributed by atoms with van der Waals surface area (Å²) in [4.78, 5) is 6.73. The topological polar surface area (TPSA) is 55.0 Å². The van der Waals surface area contributed by atoms with Crippen LogP contribution < -0.4 is 10.6 Å². The largest absolute Gasteiger partial charge is 0.346 e. The van der Waals surface area contributed by atoms with Crippen molar-refractivity contribution in [1.29, 1.82) is 0 Å². The van der Waals surface area contributed by atoms with Gasteiger partial charge in [-0.1, -0.05) is 13.8 Å². The lowest BCUT2D eigenvalue weighted by atomic mass is 10.3. The molecule has 0 saturated heterocycles. The summed E-state index contributed by atoms with van der Waals surface area (Å²) in [7, 11) is 0. The molecule has 0 saturated carbocycles. The van der Waals surface area contributed by atoms with Gasteiger partial charge < -0.3 is 10.6 Å². The third-order valence-electron chi connectivity index (χ3n) is 2.09. The quantitative estimate of drug-likeness (QED) is 0.771. The summed E-state index contributed by atoms with van der Waals surface area (Å²) in [6.45, 7) is 6.86. The average molecular weight is 228 g/mol. The summed E-state index contributed by atoms with van der Waals surface area (Å²) in [5, 5.41) is 1.02. The Hall–Kier alpha value is -0.680. The van der Waals surface area contributed by atoms with Gasteiger partial charge in [0, 0.05) is 37.6 Å². The molecule has 4 nitrogen and oxygen atoms in total. The Balaban J connectivity index is 2.63. The molecule has 2 N–H and O–H groups in total. The van der Waals surface area contributed by atoms with Crippen LogP contribution in [0.5, 0.6) is 0 Å². The van der Waals surface area contributed by atoms with Gasteiger partial charge in [0.15, 0.2) is 0 Å². The van der Waals surface area contributed by atoms with Gasteiger partial charge in [-0.25, -0.2) is 4.98 Å². The van der Waals surface area contributed by atoms with Crippen LogP contribution in [0.1, 0.15) is 32.5 Å². The second-order valence-electron chi connectivity index (χ2n) is 3.52. The predicted octanol–water partition coefficient (Wildman–Crippen LogP) is 1.67. The molecule has 86 valence electrons. The molecule has 0 aliphatic heterocycles. The Bertz CT molecular complexity index is 268. The minimum absolute atomic E-state index is 0.669. The van der Waals surface area contributed by atoms with Crippen LogP contribution in [-0.2, 0) is 6.42 Å². The molecule has 0 bridgehead atoms. The zero-order chi connectivity index (χ0) is 11.1. The highest BCUT2D eigenvalue weighted by atomic mass is 32.1. The van der Waals surface area contributed by atoms with E-state index >= 15 is 0 Å². The molecule has 1 aromatic rings. The lowest BCUT2D eigenvalue weighted by Gasteiger charge is -2.19. The first-order valence-corrected chi connectivity index (χ1v) is 6.36. The maximum absolute atomic E-state index is 5.58. The maximum atomic E-state index is 5.58. The first-order chi connectivity index (χ1) is 7.31. The number of anilines is 1. The van der Waals surface area contributed by atoms with Crippen LogP contribution in [0.25, 0.3) is 0 Å². The molecule has 0 aliphatic carbocycles. The van der Waals surface area contributed by atoms with Gasteiger partial charge in [-0.2, -0.15) is 4.37 Å². The molecule has 0 aliphatic rings. The molecule has 0 amide bonds. The average Bonchev–Trinajstić information content (AvgIpc) is 2.67. The van der Waals surface area contributed by atoms with Crippen LogP contribution in [0.2, 0.25) is 0 Å². The molecule has 0 atom stereocenters. The molecule has 5 heteroatoms. The van der Waals surface area contributed by atoms with Gasteiger partial charge in [0.05, 0.1) is 0 Å². The van der Waals surface area contributed by atoms with Gasteiger partial charge in [0.25, 0.3) is 0 Å². The third kappa shape index (κ3) is 3.76. The number of nitrogens with zero attached hydrogens (tertiary/aromatic N) is 3. The minimum Gasteiger partial charge on any atom is -0.346 e. The van der Waals surface area contributed by atoms with Gasteiger partial charge >= 0.3 is 0 Å². The van der Waals surface area contributed by atoms with E-state index in [1.165, 1.54) is 11.5 Å². The van der Waals surface area contributed by atoms with Gasteiger partial charge in [-0.3, -0.25) is 0 Å². The fraction of sp³-hybridized carbons (Fsp3) is 0.800. The van der Waals surface area contributed by atoms with Gasteiger partial charge in [-0.05, 0) is 12.8 Å². The Morgan fingerprint density at radius 2 is 2.07 bits per heavy atom. The zero-order valence-corrected chi connectivity index (χ0v) is 10.4. The summed E-state index contributed by atoms with van der Waals surface area (Å²) in [6, 6.07) is 0. The summed E-state index contributed by atoms with van der Waals surface area (Å²) < 4.78 is 4.34. The normalized spacial score (nSPS) is 10.6. The molecule has 0 spiro atoms. The van der Waals surface area contributed by atoms with Crippen molar-refractivity contribution in [1.82, 2.24) is 9.36 Å². The lowest BCUT2D eigenvalue weighted by molar-refractivity contribution is 0.754. The summed E-state index contributed by atoms with van der Waals surface area (Å²) in [6.07, 6.45) is 3.18. The van der Waals surface area contributed by atoms with Gasteiger partial charge in [-0.15, -0.1) is 0 Å². The molecule has 1 heterocycles. The minimum atomic E-state index is 0.669. The molecule has 1 aromatic heterocycles. The third-order valence-corrected chi connectivity index (χ3v) is 2.91. The van der Waals surface area contributed by atoms with Crippen molar-refractivity contribution in [3.63, 3.8) is 0 Å². The number of hydrogen-bond donors (Lipinski definition) is 1. The van der Waals surface area contributed by atoms with E-state index in [0.717, 1.165) is 43.3 Å². The van der Waals surface area contributed by atoms with Crippen molar-refractivity contribution in [3.05, 3.63) is 5.82 Å². The van der Waals surface area contributed by atoms with Gasteiger partial charge in [0.2, 0.25) is 5.13 Å². The number of aryl methyl sites for hydroxylation is 1.